The first-order valence-corrected chi connectivity index (χ1v) is 9.49. The van der Waals surface area contributed by atoms with E-state index >= 15 is 0 Å². The molecule has 152 valence electrons. The van der Waals surface area contributed by atoms with Crippen LogP contribution in [0.15, 0.2) is 59.1 Å². The first kappa shape index (κ1) is 20.5. The number of anilines is 1. The SMILES string of the molecule is CC(c1ccc(-c2ccccc2F)cc1)c1cc(NC(=N)NCCN(C)C)on1. The van der Waals surface area contributed by atoms with E-state index in [2.05, 4.69) is 15.8 Å². The summed E-state index contributed by atoms with van der Waals surface area (Å²) in [4.78, 5) is 2.03. The molecule has 0 aliphatic rings. The maximum atomic E-state index is 14.0. The predicted molar refractivity (Wildman–Crippen MR) is 114 cm³/mol. The first-order valence-electron chi connectivity index (χ1n) is 9.49. The van der Waals surface area contributed by atoms with Gasteiger partial charge in [-0.3, -0.25) is 10.7 Å². The second kappa shape index (κ2) is 9.34. The number of halogens is 1. The van der Waals surface area contributed by atoms with E-state index in [0.717, 1.165) is 23.4 Å². The Labute approximate surface area is 170 Å². The van der Waals surface area contributed by atoms with E-state index in [0.29, 0.717) is 18.0 Å². The summed E-state index contributed by atoms with van der Waals surface area (Å²) in [5, 5.41) is 17.9. The van der Waals surface area contributed by atoms with E-state index in [1.165, 1.54) is 6.07 Å². The van der Waals surface area contributed by atoms with Crippen molar-refractivity contribution in [3.8, 4) is 11.1 Å². The van der Waals surface area contributed by atoms with Gasteiger partial charge in [-0.2, -0.15) is 0 Å². The molecule has 0 bridgehead atoms. The average Bonchev–Trinajstić information content (AvgIpc) is 3.16. The Morgan fingerprint density at radius 2 is 1.90 bits per heavy atom. The van der Waals surface area contributed by atoms with Crippen LogP contribution in [0.1, 0.15) is 24.1 Å². The molecule has 3 N–H and O–H groups in total. The van der Waals surface area contributed by atoms with Crippen molar-refractivity contribution in [1.82, 2.24) is 15.4 Å². The van der Waals surface area contributed by atoms with Gasteiger partial charge in [-0.25, -0.2) is 4.39 Å². The van der Waals surface area contributed by atoms with Crippen LogP contribution in [-0.4, -0.2) is 43.2 Å². The molecule has 0 amide bonds. The maximum absolute atomic E-state index is 14.0. The number of benzene rings is 2. The summed E-state index contributed by atoms with van der Waals surface area (Å²) in [7, 11) is 3.96. The van der Waals surface area contributed by atoms with Crippen LogP contribution in [0.3, 0.4) is 0 Å². The minimum Gasteiger partial charge on any atom is -0.355 e. The highest BCUT2D eigenvalue weighted by Crippen LogP contribution is 2.28. The molecule has 6 nitrogen and oxygen atoms in total. The van der Waals surface area contributed by atoms with Crippen LogP contribution in [0.2, 0.25) is 0 Å². The number of likely N-dealkylation sites (N-methyl/N-ethyl adjacent to an activating group) is 1. The van der Waals surface area contributed by atoms with Crippen LogP contribution in [0.25, 0.3) is 11.1 Å². The third kappa shape index (κ3) is 5.42. The van der Waals surface area contributed by atoms with Crippen LogP contribution in [0.5, 0.6) is 0 Å². The molecule has 1 unspecified atom stereocenters. The predicted octanol–water partition coefficient (Wildman–Crippen LogP) is 4.13. The molecule has 0 aliphatic heterocycles. The second-order valence-corrected chi connectivity index (χ2v) is 7.17. The average molecular weight is 395 g/mol. The second-order valence-electron chi connectivity index (χ2n) is 7.17. The van der Waals surface area contributed by atoms with Gasteiger partial charge in [-0.1, -0.05) is 54.5 Å². The Kier molecular flexibility index (Phi) is 6.61. The number of nitrogens with zero attached hydrogens (tertiary/aromatic N) is 2. The van der Waals surface area contributed by atoms with Gasteiger partial charge >= 0.3 is 0 Å². The number of guanidine groups is 1. The van der Waals surface area contributed by atoms with Crippen LogP contribution in [0, 0.1) is 11.2 Å². The molecule has 0 spiro atoms. The Bertz CT molecular complexity index is 952. The van der Waals surface area contributed by atoms with E-state index in [9.17, 15) is 4.39 Å². The van der Waals surface area contributed by atoms with Gasteiger partial charge in [0.1, 0.15) is 5.82 Å². The number of hydrogen-bond donors (Lipinski definition) is 3. The summed E-state index contributed by atoms with van der Waals surface area (Å²) in [5.41, 5.74) is 3.22. The minimum absolute atomic E-state index is 0.000135. The normalized spacial score (nSPS) is 12.0. The Morgan fingerprint density at radius 1 is 1.17 bits per heavy atom. The van der Waals surface area contributed by atoms with Gasteiger partial charge in [0.05, 0.1) is 5.69 Å². The molecule has 7 heteroatoms. The Morgan fingerprint density at radius 3 is 2.59 bits per heavy atom. The van der Waals surface area contributed by atoms with Crippen molar-refractivity contribution >= 4 is 11.8 Å². The number of hydrogen-bond acceptors (Lipinski definition) is 4. The Balaban J connectivity index is 1.63. The highest BCUT2D eigenvalue weighted by Gasteiger charge is 2.15. The molecule has 1 atom stereocenters. The third-order valence-electron chi connectivity index (χ3n) is 4.68. The lowest BCUT2D eigenvalue weighted by molar-refractivity contribution is 0.411. The molecule has 0 radical (unpaired) electrons. The first-order chi connectivity index (χ1) is 13.9. The topological polar surface area (TPSA) is 77.2 Å². The third-order valence-corrected chi connectivity index (χ3v) is 4.68. The molecule has 29 heavy (non-hydrogen) atoms. The van der Waals surface area contributed by atoms with Gasteiger partial charge in [0.15, 0.2) is 5.96 Å². The number of rotatable bonds is 7. The van der Waals surface area contributed by atoms with Gasteiger partial charge in [-0.05, 0) is 31.3 Å². The molecular weight excluding hydrogens is 369 g/mol. The Hall–Kier alpha value is -3.19. The van der Waals surface area contributed by atoms with Gasteiger partial charge in [0.25, 0.3) is 0 Å². The summed E-state index contributed by atoms with van der Waals surface area (Å²) in [5.74, 6) is 0.343. The van der Waals surface area contributed by atoms with E-state index in [4.69, 9.17) is 9.93 Å². The minimum atomic E-state index is -0.234. The van der Waals surface area contributed by atoms with Crippen molar-refractivity contribution in [2.45, 2.75) is 12.8 Å². The van der Waals surface area contributed by atoms with Crippen molar-refractivity contribution in [3.05, 3.63) is 71.7 Å². The molecule has 1 aromatic heterocycles. The molecule has 2 aromatic carbocycles. The summed E-state index contributed by atoms with van der Waals surface area (Å²) >= 11 is 0. The highest BCUT2D eigenvalue weighted by atomic mass is 19.1. The zero-order valence-corrected chi connectivity index (χ0v) is 16.9. The van der Waals surface area contributed by atoms with Crippen LogP contribution >= 0.6 is 0 Å². The molecule has 3 aromatic rings. The highest BCUT2D eigenvalue weighted by molar-refractivity contribution is 5.89. The quantitative estimate of drug-likeness (QED) is 0.414. The van der Waals surface area contributed by atoms with E-state index in [1.807, 2.05) is 56.3 Å². The van der Waals surface area contributed by atoms with Crippen molar-refractivity contribution in [1.29, 1.82) is 5.41 Å². The van der Waals surface area contributed by atoms with Gasteiger partial charge in [-0.15, -0.1) is 0 Å². The lowest BCUT2D eigenvalue weighted by Crippen LogP contribution is -2.34. The van der Waals surface area contributed by atoms with Crippen LogP contribution in [0.4, 0.5) is 10.3 Å². The fourth-order valence-electron chi connectivity index (χ4n) is 2.94. The van der Waals surface area contributed by atoms with E-state index in [1.54, 1.807) is 18.2 Å². The lowest BCUT2D eigenvalue weighted by Gasteiger charge is -2.11. The smallest absolute Gasteiger partial charge is 0.231 e. The summed E-state index contributed by atoms with van der Waals surface area (Å²) < 4.78 is 19.3. The summed E-state index contributed by atoms with van der Waals surface area (Å²) in [6, 6.07) is 16.3. The molecular formula is C22H26FN5O. The fraction of sp³-hybridized carbons (Fsp3) is 0.273. The zero-order chi connectivity index (χ0) is 20.8. The molecule has 3 rings (SSSR count). The largest absolute Gasteiger partial charge is 0.355 e. The van der Waals surface area contributed by atoms with Gasteiger partial charge in [0, 0.05) is 30.6 Å². The molecule has 0 aliphatic carbocycles. The number of aromatic nitrogens is 1. The van der Waals surface area contributed by atoms with Crippen molar-refractivity contribution in [2.24, 2.45) is 0 Å². The van der Waals surface area contributed by atoms with E-state index < -0.39 is 0 Å². The number of nitrogens with one attached hydrogen (secondary N) is 3. The standard InChI is InChI=1S/C22H26FN5O/c1-15(16-8-10-17(11-9-16)18-6-4-5-7-19(18)23)20-14-21(29-27-20)26-22(24)25-12-13-28(2)3/h4-11,14-15H,12-13H2,1-3H3,(H3,24,25,26). The van der Waals surface area contributed by atoms with Gasteiger partial charge < -0.3 is 14.7 Å². The fourth-order valence-corrected chi connectivity index (χ4v) is 2.94. The molecule has 0 fully saturated rings. The molecule has 0 saturated heterocycles. The van der Waals surface area contributed by atoms with Crippen LogP contribution < -0.4 is 10.6 Å². The van der Waals surface area contributed by atoms with Crippen molar-refractivity contribution in [2.75, 3.05) is 32.5 Å². The van der Waals surface area contributed by atoms with Crippen LogP contribution in [-0.2, 0) is 0 Å². The van der Waals surface area contributed by atoms with Crippen molar-refractivity contribution < 1.29 is 8.91 Å². The summed E-state index contributed by atoms with van der Waals surface area (Å²) in [6.45, 7) is 3.51. The molecule has 1 heterocycles. The summed E-state index contributed by atoms with van der Waals surface area (Å²) in [6.07, 6.45) is 0. The zero-order valence-electron chi connectivity index (χ0n) is 16.9. The monoisotopic (exact) mass is 395 g/mol. The van der Waals surface area contributed by atoms with Gasteiger partial charge in [0.2, 0.25) is 5.88 Å². The van der Waals surface area contributed by atoms with E-state index in [-0.39, 0.29) is 17.7 Å². The van der Waals surface area contributed by atoms with Crippen molar-refractivity contribution in [3.63, 3.8) is 0 Å². The maximum Gasteiger partial charge on any atom is 0.231 e. The lowest BCUT2D eigenvalue weighted by atomic mass is 9.95. The molecule has 0 saturated carbocycles.